The van der Waals surface area contributed by atoms with Crippen LogP contribution in [0.2, 0.25) is 0 Å². The number of aromatic nitrogens is 1. The minimum atomic E-state index is -1.19. The van der Waals surface area contributed by atoms with Gasteiger partial charge in [0.1, 0.15) is 16.7 Å². The number of rotatable bonds is 9. The van der Waals surface area contributed by atoms with Gasteiger partial charge in [0.2, 0.25) is 5.91 Å². The van der Waals surface area contributed by atoms with Crippen molar-refractivity contribution >= 4 is 40.6 Å². The van der Waals surface area contributed by atoms with E-state index in [1.165, 1.54) is 29.2 Å². The fourth-order valence-corrected chi connectivity index (χ4v) is 5.06. The summed E-state index contributed by atoms with van der Waals surface area (Å²) in [5.74, 6) is -2.23. The number of benzene rings is 2. The van der Waals surface area contributed by atoms with Crippen LogP contribution in [0.1, 0.15) is 69.9 Å². The highest BCUT2D eigenvalue weighted by Crippen LogP contribution is 2.34. The van der Waals surface area contributed by atoms with Crippen LogP contribution in [0.4, 0.5) is 15.8 Å². The second-order valence-electron chi connectivity index (χ2n) is 9.39. The largest absolute Gasteiger partial charge is 0.395 e. The number of carbonyl (C=O) groups is 3. The molecule has 9 nitrogen and oxygen atoms in total. The average Bonchev–Trinajstić information content (AvgIpc) is 3.56. The molecule has 11 heteroatoms. The first-order valence-electron chi connectivity index (χ1n) is 12.3. The molecule has 2 atom stereocenters. The second-order valence-corrected chi connectivity index (χ2v) is 10.2. The van der Waals surface area contributed by atoms with E-state index in [1.807, 2.05) is 26.0 Å². The molecule has 0 saturated carbocycles. The van der Waals surface area contributed by atoms with Crippen LogP contribution in [0.3, 0.4) is 0 Å². The average molecular weight is 540 g/mol. The number of hydrogen-bond donors (Lipinski definition) is 3. The first kappa shape index (κ1) is 27.2. The first-order chi connectivity index (χ1) is 18.2. The SMILES string of the molecule is CC(C)c1ccc(N(C(=O)c2snc(C(N)=O)c2N)[C@@H](C(=O)NC[C@H]2CCCO2)c2ccc(F)cc2)cc1. The van der Waals surface area contributed by atoms with Crippen LogP contribution in [0.15, 0.2) is 48.5 Å². The molecule has 1 aliphatic heterocycles. The zero-order valence-corrected chi connectivity index (χ0v) is 22.0. The predicted molar refractivity (Wildman–Crippen MR) is 144 cm³/mol. The van der Waals surface area contributed by atoms with Gasteiger partial charge in [-0.3, -0.25) is 19.3 Å². The van der Waals surface area contributed by atoms with Crippen LogP contribution < -0.4 is 21.7 Å². The van der Waals surface area contributed by atoms with Gasteiger partial charge in [0.15, 0.2) is 5.69 Å². The van der Waals surface area contributed by atoms with Gasteiger partial charge in [-0.2, -0.15) is 4.37 Å². The van der Waals surface area contributed by atoms with E-state index in [-0.39, 0.29) is 34.8 Å². The number of primary amides is 1. The van der Waals surface area contributed by atoms with E-state index < -0.39 is 29.6 Å². The van der Waals surface area contributed by atoms with E-state index in [4.69, 9.17) is 16.2 Å². The maximum absolute atomic E-state index is 14.1. The van der Waals surface area contributed by atoms with Crippen molar-refractivity contribution in [1.82, 2.24) is 9.69 Å². The van der Waals surface area contributed by atoms with Gasteiger partial charge in [-0.15, -0.1) is 0 Å². The van der Waals surface area contributed by atoms with Gasteiger partial charge in [0.25, 0.3) is 11.8 Å². The molecular formula is C27H30FN5O4S. The molecule has 0 aliphatic carbocycles. The minimum absolute atomic E-state index is 0.0363. The molecule has 5 N–H and O–H groups in total. The van der Waals surface area contributed by atoms with Gasteiger partial charge < -0.3 is 21.5 Å². The summed E-state index contributed by atoms with van der Waals surface area (Å²) in [6.07, 6.45) is 1.59. The van der Waals surface area contributed by atoms with Crippen molar-refractivity contribution in [3.8, 4) is 0 Å². The monoisotopic (exact) mass is 539 g/mol. The quantitative estimate of drug-likeness (QED) is 0.378. The summed E-state index contributed by atoms with van der Waals surface area (Å²) in [6, 6.07) is 11.4. The fraction of sp³-hybridized carbons (Fsp3) is 0.333. The van der Waals surface area contributed by atoms with E-state index in [0.717, 1.165) is 29.9 Å². The third-order valence-electron chi connectivity index (χ3n) is 6.43. The summed E-state index contributed by atoms with van der Waals surface area (Å²) in [6.45, 7) is 4.98. The number of nitrogens with zero attached hydrogens (tertiary/aromatic N) is 2. The lowest BCUT2D eigenvalue weighted by Crippen LogP contribution is -2.45. The summed E-state index contributed by atoms with van der Waals surface area (Å²) in [5.41, 5.74) is 12.9. The molecule has 2 heterocycles. The molecule has 3 aromatic rings. The Labute approximate surface area is 224 Å². The van der Waals surface area contributed by atoms with E-state index in [1.54, 1.807) is 12.1 Å². The van der Waals surface area contributed by atoms with E-state index >= 15 is 0 Å². The van der Waals surface area contributed by atoms with Crippen molar-refractivity contribution in [2.45, 2.75) is 44.8 Å². The first-order valence-corrected chi connectivity index (χ1v) is 13.1. The number of nitrogen functional groups attached to an aromatic ring is 1. The number of ether oxygens (including phenoxy) is 1. The lowest BCUT2D eigenvalue weighted by Gasteiger charge is -2.32. The predicted octanol–water partition coefficient (Wildman–Crippen LogP) is 3.77. The number of anilines is 2. The van der Waals surface area contributed by atoms with E-state index in [0.29, 0.717) is 17.9 Å². The van der Waals surface area contributed by atoms with Crippen LogP contribution in [0, 0.1) is 5.82 Å². The molecule has 1 aromatic heterocycles. The number of carbonyl (C=O) groups excluding carboxylic acids is 3. The molecule has 3 amide bonds. The standard InChI is InChI=1S/C27H30FN5O4S/c1-15(2)16-7-11-19(12-8-16)33(27(36)24-21(29)22(25(30)34)32-38-24)23(17-5-9-18(28)10-6-17)26(35)31-14-20-4-3-13-37-20/h5-12,15,20,23H,3-4,13-14,29H2,1-2H3,(H2,30,34)(H,31,35)/t20-,23-/m1/s1. The number of hydrogen-bond acceptors (Lipinski definition) is 7. The lowest BCUT2D eigenvalue weighted by atomic mass is 10.00. The molecule has 0 unspecified atom stereocenters. The van der Waals surface area contributed by atoms with Crippen LogP contribution in [-0.2, 0) is 9.53 Å². The summed E-state index contributed by atoms with van der Waals surface area (Å²) >= 11 is 0.725. The van der Waals surface area contributed by atoms with Gasteiger partial charge in [-0.25, -0.2) is 4.39 Å². The minimum Gasteiger partial charge on any atom is -0.395 e. The highest BCUT2D eigenvalue weighted by molar-refractivity contribution is 7.09. The number of amides is 3. The zero-order valence-electron chi connectivity index (χ0n) is 21.1. The van der Waals surface area contributed by atoms with Crippen molar-refractivity contribution in [2.75, 3.05) is 23.8 Å². The summed E-state index contributed by atoms with van der Waals surface area (Å²) < 4.78 is 23.4. The van der Waals surface area contributed by atoms with Gasteiger partial charge in [-0.1, -0.05) is 38.1 Å². The van der Waals surface area contributed by atoms with Gasteiger partial charge in [0.05, 0.1) is 11.8 Å². The molecule has 1 fully saturated rings. The molecule has 0 radical (unpaired) electrons. The Morgan fingerprint density at radius 2 is 1.79 bits per heavy atom. The molecular weight excluding hydrogens is 509 g/mol. The molecule has 4 rings (SSSR count). The summed E-state index contributed by atoms with van der Waals surface area (Å²) in [7, 11) is 0. The molecule has 1 saturated heterocycles. The third kappa shape index (κ3) is 5.84. The maximum Gasteiger partial charge on any atom is 0.273 e. The Balaban J connectivity index is 1.81. The Morgan fingerprint density at radius 3 is 2.34 bits per heavy atom. The number of nitrogens with two attached hydrogens (primary N) is 2. The molecule has 200 valence electrons. The van der Waals surface area contributed by atoms with Crippen LogP contribution >= 0.6 is 11.5 Å². The van der Waals surface area contributed by atoms with E-state index in [2.05, 4.69) is 9.69 Å². The zero-order chi connectivity index (χ0) is 27.4. The highest BCUT2D eigenvalue weighted by Gasteiger charge is 2.36. The van der Waals surface area contributed by atoms with Crippen molar-refractivity contribution in [3.05, 3.63) is 76.0 Å². The van der Waals surface area contributed by atoms with Crippen LogP contribution in [-0.4, -0.2) is 41.4 Å². The normalized spacial score (nSPS) is 15.8. The summed E-state index contributed by atoms with van der Waals surface area (Å²) in [4.78, 5) is 40.8. The van der Waals surface area contributed by atoms with Gasteiger partial charge in [0, 0.05) is 18.8 Å². The molecule has 0 spiro atoms. The second kappa shape index (κ2) is 11.7. The Morgan fingerprint density at radius 1 is 1.13 bits per heavy atom. The van der Waals surface area contributed by atoms with Gasteiger partial charge in [-0.05, 0) is 65.7 Å². The number of nitrogens with one attached hydrogen (secondary N) is 1. The van der Waals surface area contributed by atoms with Crippen molar-refractivity contribution < 1.29 is 23.5 Å². The van der Waals surface area contributed by atoms with Crippen molar-refractivity contribution in [2.24, 2.45) is 5.73 Å². The van der Waals surface area contributed by atoms with Crippen molar-refractivity contribution in [3.63, 3.8) is 0 Å². The van der Waals surface area contributed by atoms with E-state index in [9.17, 15) is 18.8 Å². The maximum atomic E-state index is 14.1. The molecule has 2 aromatic carbocycles. The lowest BCUT2D eigenvalue weighted by molar-refractivity contribution is -0.123. The molecule has 1 aliphatic rings. The Kier molecular flexibility index (Phi) is 8.38. The molecule has 0 bridgehead atoms. The Bertz CT molecular complexity index is 1300. The number of halogens is 1. The van der Waals surface area contributed by atoms with Crippen molar-refractivity contribution in [1.29, 1.82) is 0 Å². The topological polar surface area (TPSA) is 141 Å². The van der Waals surface area contributed by atoms with Crippen LogP contribution in [0.5, 0.6) is 0 Å². The smallest absolute Gasteiger partial charge is 0.273 e. The summed E-state index contributed by atoms with van der Waals surface area (Å²) in [5, 5.41) is 2.89. The third-order valence-corrected chi connectivity index (χ3v) is 7.28. The fourth-order valence-electron chi connectivity index (χ4n) is 4.32. The molecule has 38 heavy (non-hydrogen) atoms. The van der Waals surface area contributed by atoms with Gasteiger partial charge >= 0.3 is 0 Å². The van der Waals surface area contributed by atoms with Crippen LogP contribution in [0.25, 0.3) is 0 Å². The highest BCUT2D eigenvalue weighted by atomic mass is 32.1. The Hall–Kier alpha value is -3.83.